The number of likely N-dealkylation sites (N-methyl/N-ethyl adjacent to an activating group) is 1. The minimum Gasteiger partial charge on any atom is -0.345 e. The number of urea groups is 1. The molecule has 7 heteroatoms. The second-order valence-corrected chi connectivity index (χ2v) is 6.63. The summed E-state index contributed by atoms with van der Waals surface area (Å²) in [4.78, 5) is 39.4. The molecule has 0 unspecified atom stereocenters. The fraction of sp³-hybridized carbons (Fsp3) is 0.286. The first-order valence-corrected chi connectivity index (χ1v) is 9.03. The number of hydrogen-bond acceptors (Lipinski definition) is 3. The van der Waals surface area contributed by atoms with Crippen molar-refractivity contribution in [3.63, 3.8) is 0 Å². The highest BCUT2D eigenvalue weighted by molar-refractivity contribution is 5.98. The maximum absolute atomic E-state index is 12.4. The molecule has 2 N–H and O–H groups in total. The van der Waals surface area contributed by atoms with E-state index in [-0.39, 0.29) is 18.4 Å². The van der Waals surface area contributed by atoms with Crippen LogP contribution in [0.1, 0.15) is 22.8 Å². The molecule has 0 aliphatic rings. The van der Waals surface area contributed by atoms with Gasteiger partial charge in [0.25, 0.3) is 5.91 Å². The number of aryl methyl sites for hydroxylation is 1. The van der Waals surface area contributed by atoms with E-state index in [2.05, 4.69) is 10.6 Å². The van der Waals surface area contributed by atoms with Crippen LogP contribution in [-0.4, -0.2) is 55.3 Å². The quantitative estimate of drug-likeness (QED) is 0.806. The summed E-state index contributed by atoms with van der Waals surface area (Å²) in [6.45, 7) is 1.92. The van der Waals surface area contributed by atoms with E-state index in [1.54, 1.807) is 38.4 Å². The lowest BCUT2D eigenvalue weighted by molar-refractivity contribution is -0.116. The molecular weight excluding hydrogens is 356 g/mol. The van der Waals surface area contributed by atoms with Gasteiger partial charge in [-0.1, -0.05) is 31.2 Å². The predicted molar refractivity (Wildman–Crippen MR) is 111 cm³/mol. The zero-order valence-electron chi connectivity index (χ0n) is 16.7. The number of para-hydroxylation sites is 1. The topological polar surface area (TPSA) is 81.8 Å². The van der Waals surface area contributed by atoms with Crippen molar-refractivity contribution in [1.29, 1.82) is 0 Å². The SMILES string of the molecule is CCc1ccccc1NC(=O)CN(C)C(=O)Nc1cccc(C(=O)N(C)C)c1. The maximum atomic E-state index is 12.4. The zero-order chi connectivity index (χ0) is 20.7. The summed E-state index contributed by atoms with van der Waals surface area (Å²) in [5, 5.41) is 5.54. The molecule has 4 amide bonds. The van der Waals surface area contributed by atoms with Crippen LogP contribution in [0.2, 0.25) is 0 Å². The molecule has 0 atom stereocenters. The first-order valence-electron chi connectivity index (χ1n) is 9.03. The van der Waals surface area contributed by atoms with Crippen molar-refractivity contribution in [2.75, 3.05) is 38.3 Å². The Bertz CT molecular complexity index is 864. The minimum absolute atomic E-state index is 0.0970. The molecular formula is C21H26N4O3. The van der Waals surface area contributed by atoms with Gasteiger partial charge < -0.3 is 20.4 Å². The molecule has 0 saturated heterocycles. The van der Waals surface area contributed by atoms with Gasteiger partial charge in [0.05, 0.1) is 0 Å². The molecule has 2 aromatic carbocycles. The van der Waals surface area contributed by atoms with Crippen molar-refractivity contribution >= 4 is 29.2 Å². The van der Waals surface area contributed by atoms with Crippen LogP contribution in [0.25, 0.3) is 0 Å². The second-order valence-electron chi connectivity index (χ2n) is 6.63. The van der Waals surface area contributed by atoms with E-state index in [0.717, 1.165) is 17.7 Å². The number of amides is 4. The number of hydrogen-bond donors (Lipinski definition) is 2. The van der Waals surface area contributed by atoms with E-state index in [4.69, 9.17) is 0 Å². The van der Waals surface area contributed by atoms with Gasteiger partial charge in [0, 0.05) is 38.1 Å². The van der Waals surface area contributed by atoms with E-state index >= 15 is 0 Å². The fourth-order valence-electron chi connectivity index (χ4n) is 2.63. The summed E-state index contributed by atoms with van der Waals surface area (Å²) >= 11 is 0. The Morgan fingerprint density at radius 1 is 0.929 bits per heavy atom. The van der Waals surface area contributed by atoms with Crippen molar-refractivity contribution in [2.45, 2.75) is 13.3 Å². The molecule has 0 heterocycles. The van der Waals surface area contributed by atoms with Gasteiger partial charge in [-0.05, 0) is 36.2 Å². The molecule has 2 rings (SSSR count). The average Bonchev–Trinajstić information content (AvgIpc) is 2.67. The smallest absolute Gasteiger partial charge is 0.322 e. The van der Waals surface area contributed by atoms with Crippen LogP contribution in [0.5, 0.6) is 0 Å². The highest BCUT2D eigenvalue weighted by Gasteiger charge is 2.15. The molecule has 0 radical (unpaired) electrons. The standard InChI is InChI=1S/C21H26N4O3/c1-5-15-9-6-7-12-18(15)23-19(26)14-25(4)21(28)22-17-11-8-10-16(13-17)20(27)24(2)3/h6-13H,5,14H2,1-4H3,(H,22,28)(H,23,26). The number of carbonyl (C=O) groups is 3. The van der Waals surface area contributed by atoms with Gasteiger partial charge in [-0.2, -0.15) is 0 Å². The van der Waals surface area contributed by atoms with E-state index in [1.165, 1.54) is 16.8 Å². The summed E-state index contributed by atoms with van der Waals surface area (Å²) < 4.78 is 0. The molecule has 0 saturated carbocycles. The van der Waals surface area contributed by atoms with Crippen LogP contribution in [0.4, 0.5) is 16.2 Å². The van der Waals surface area contributed by atoms with E-state index in [9.17, 15) is 14.4 Å². The first-order chi connectivity index (χ1) is 13.3. The second kappa shape index (κ2) is 9.55. The molecule has 148 valence electrons. The van der Waals surface area contributed by atoms with Crippen LogP contribution < -0.4 is 10.6 Å². The summed E-state index contributed by atoms with van der Waals surface area (Å²) in [5.41, 5.74) is 2.74. The van der Waals surface area contributed by atoms with Gasteiger partial charge in [-0.25, -0.2) is 4.79 Å². The number of anilines is 2. The van der Waals surface area contributed by atoms with E-state index in [1.807, 2.05) is 31.2 Å². The van der Waals surface area contributed by atoms with Gasteiger partial charge in [0.15, 0.2) is 0 Å². The van der Waals surface area contributed by atoms with E-state index in [0.29, 0.717) is 11.3 Å². The molecule has 28 heavy (non-hydrogen) atoms. The van der Waals surface area contributed by atoms with Crippen LogP contribution in [0.3, 0.4) is 0 Å². The molecule has 0 aliphatic carbocycles. The molecule has 0 bridgehead atoms. The molecule has 7 nitrogen and oxygen atoms in total. The Hall–Kier alpha value is -3.35. The van der Waals surface area contributed by atoms with Crippen LogP contribution in [0, 0.1) is 0 Å². The predicted octanol–water partition coefficient (Wildman–Crippen LogP) is 3.05. The Morgan fingerprint density at radius 2 is 1.64 bits per heavy atom. The average molecular weight is 382 g/mol. The fourth-order valence-corrected chi connectivity index (χ4v) is 2.63. The summed E-state index contributed by atoms with van der Waals surface area (Å²) in [6, 6.07) is 13.8. The largest absolute Gasteiger partial charge is 0.345 e. The highest BCUT2D eigenvalue weighted by atomic mass is 16.2. The van der Waals surface area contributed by atoms with Gasteiger partial charge in [0.1, 0.15) is 6.54 Å². The first kappa shape index (κ1) is 21.0. The molecule has 2 aromatic rings. The van der Waals surface area contributed by atoms with Gasteiger partial charge in [-0.3, -0.25) is 9.59 Å². The minimum atomic E-state index is -0.437. The van der Waals surface area contributed by atoms with Crippen molar-refractivity contribution in [2.24, 2.45) is 0 Å². The Balaban J connectivity index is 1.96. The molecule has 0 aliphatic heterocycles. The zero-order valence-corrected chi connectivity index (χ0v) is 16.7. The maximum Gasteiger partial charge on any atom is 0.322 e. The van der Waals surface area contributed by atoms with Crippen molar-refractivity contribution in [3.05, 3.63) is 59.7 Å². The lowest BCUT2D eigenvalue weighted by Gasteiger charge is -2.19. The summed E-state index contributed by atoms with van der Waals surface area (Å²) in [5.74, 6) is -0.437. The van der Waals surface area contributed by atoms with Crippen LogP contribution in [0.15, 0.2) is 48.5 Å². The molecule has 0 spiro atoms. The lowest BCUT2D eigenvalue weighted by atomic mass is 10.1. The van der Waals surface area contributed by atoms with Crippen molar-refractivity contribution in [1.82, 2.24) is 9.80 Å². The number of rotatable bonds is 6. The number of nitrogens with zero attached hydrogens (tertiary/aromatic N) is 2. The number of nitrogens with one attached hydrogen (secondary N) is 2. The van der Waals surface area contributed by atoms with Crippen LogP contribution >= 0.6 is 0 Å². The number of benzene rings is 2. The highest BCUT2D eigenvalue weighted by Crippen LogP contribution is 2.16. The van der Waals surface area contributed by atoms with Crippen LogP contribution in [-0.2, 0) is 11.2 Å². The molecule has 0 fully saturated rings. The van der Waals surface area contributed by atoms with Gasteiger partial charge in [-0.15, -0.1) is 0 Å². The monoisotopic (exact) mass is 382 g/mol. The third-order valence-corrected chi connectivity index (χ3v) is 4.17. The molecule has 0 aromatic heterocycles. The summed E-state index contributed by atoms with van der Waals surface area (Å²) in [7, 11) is 4.86. The third-order valence-electron chi connectivity index (χ3n) is 4.17. The Morgan fingerprint density at radius 3 is 2.32 bits per heavy atom. The third kappa shape index (κ3) is 5.57. The van der Waals surface area contributed by atoms with Gasteiger partial charge >= 0.3 is 6.03 Å². The van der Waals surface area contributed by atoms with Crippen molar-refractivity contribution < 1.29 is 14.4 Å². The number of carbonyl (C=O) groups excluding carboxylic acids is 3. The lowest BCUT2D eigenvalue weighted by Crippen LogP contribution is -2.37. The van der Waals surface area contributed by atoms with E-state index < -0.39 is 6.03 Å². The summed E-state index contributed by atoms with van der Waals surface area (Å²) in [6.07, 6.45) is 0.800. The Labute approximate surface area is 165 Å². The van der Waals surface area contributed by atoms with Crippen molar-refractivity contribution in [3.8, 4) is 0 Å². The Kier molecular flexibility index (Phi) is 7.14. The van der Waals surface area contributed by atoms with Gasteiger partial charge in [0.2, 0.25) is 5.91 Å². The normalized spacial score (nSPS) is 10.1.